The summed E-state index contributed by atoms with van der Waals surface area (Å²) in [5.41, 5.74) is 6.64. The number of carbonyl (C=O) groups is 2. The first-order valence-electron chi connectivity index (χ1n) is 11.6. The number of hydrogen-bond acceptors (Lipinski definition) is 5. The first-order valence-corrected chi connectivity index (χ1v) is 11.6. The molecule has 0 N–H and O–H groups in total. The second-order valence-electron chi connectivity index (χ2n) is 9.83. The lowest BCUT2D eigenvalue weighted by Gasteiger charge is -2.32. The Morgan fingerprint density at radius 1 is 1.24 bits per heavy atom. The van der Waals surface area contributed by atoms with Gasteiger partial charge in [0.15, 0.2) is 5.78 Å². The van der Waals surface area contributed by atoms with Crippen LogP contribution in [0, 0.1) is 6.92 Å². The molecule has 1 aromatic heterocycles. The van der Waals surface area contributed by atoms with E-state index in [9.17, 15) is 9.59 Å². The molecule has 2 aromatic rings. The second kappa shape index (κ2) is 8.28. The fourth-order valence-electron chi connectivity index (χ4n) is 4.61. The summed E-state index contributed by atoms with van der Waals surface area (Å²) in [5, 5.41) is 0. The zero-order valence-electron chi connectivity index (χ0n) is 20.0. The van der Waals surface area contributed by atoms with Gasteiger partial charge >= 0.3 is 6.09 Å². The molecular weight excluding hydrogens is 428 g/mol. The van der Waals surface area contributed by atoms with Crippen LogP contribution in [0.5, 0.6) is 5.88 Å². The van der Waals surface area contributed by atoms with E-state index < -0.39 is 11.7 Å². The fraction of sp³-hybridized carbons (Fsp3) is 0.321. The van der Waals surface area contributed by atoms with Crippen molar-refractivity contribution < 1.29 is 19.1 Å². The smallest absolute Gasteiger partial charge is 0.415 e. The van der Waals surface area contributed by atoms with Crippen LogP contribution in [0.4, 0.5) is 10.5 Å². The molecular formula is C28H28N2O4. The van der Waals surface area contributed by atoms with Crippen LogP contribution in [0.2, 0.25) is 0 Å². The fourth-order valence-corrected chi connectivity index (χ4v) is 4.61. The molecule has 6 heteroatoms. The van der Waals surface area contributed by atoms with Gasteiger partial charge in [0.2, 0.25) is 5.88 Å². The molecule has 0 spiro atoms. The summed E-state index contributed by atoms with van der Waals surface area (Å²) in [7, 11) is 0. The molecule has 0 atom stereocenters. The van der Waals surface area contributed by atoms with Crippen LogP contribution in [0.1, 0.15) is 43.9 Å². The van der Waals surface area contributed by atoms with E-state index in [4.69, 9.17) is 9.47 Å². The Balaban J connectivity index is 1.55. The summed E-state index contributed by atoms with van der Waals surface area (Å²) in [6, 6.07) is 6.10. The molecule has 174 valence electrons. The van der Waals surface area contributed by atoms with Crippen molar-refractivity contribution in [3.8, 4) is 17.0 Å². The lowest BCUT2D eigenvalue weighted by Crippen LogP contribution is -2.42. The number of ether oxygens (including phenoxy) is 2. The number of anilines is 1. The van der Waals surface area contributed by atoms with Crippen molar-refractivity contribution in [3.05, 3.63) is 71.0 Å². The molecule has 0 saturated heterocycles. The Hall–Kier alpha value is -3.67. The van der Waals surface area contributed by atoms with Crippen molar-refractivity contribution in [3.63, 3.8) is 0 Å². The predicted molar refractivity (Wildman–Crippen MR) is 132 cm³/mol. The number of rotatable bonds is 2. The summed E-state index contributed by atoms with van der Waals surface area (Å²) in [4.78, 5) is 31.8. The highest BCUT2D eigenvalue weighted by atomic mass is 16.6. The molecule has 3 aliphatic rings. The number of fused-ring (bicyclic) bond motifs is 2. The maximum Gasteiger partial charge on any atom is 0.415 e. The molecule has 0 radical (unpaired) electrons. The Kier molecular flexibility index (Phi) is 5.39. The van der Waals surface area contributed by atoms with Gasteiger partial charge in [0, 0.05) is 23.8 Å². The average molecular weight is 457 g/mol. The topological polar surface area (TPSA) is 68.7 Å². The summed E-state index contributed by atoms with van der Waals surface area (Å²) >= 11 is 0. The van der Waals surface area contributed by atoms with Crippen LogP contribution >= 0.6 is 0 Å². The van der Waals surface area contributed by atoms with Gasteiger partial charge in [-0.2, -0.15) is 0 Å². The molecule has 6 nitrogen and oxygen atoms in total. The Morgan fingerprint density at radius 2 is 2.06 bits per heavy atom. The van der Waals surface area contributed by atoms with Crippen LogP contribution < -0.4 is 9.64 Å². The highest BCUT2D eigenvalue weighted by molar-refractivity contribution is 6.26. The van der Waals surface area contributed by atoms with Crippen molar-refractivity contribution in [1.82, 2.24) is 4.98 Å². The lowest BCUT2D eigenvalue weighted by molar-refractivity contribution is -0.112. The minimum Gasteiger partial charge on any atom is -0.474 e. The molecule has 34 heavy (non-hydrogen) atoms. The molecule has 1 aliphatic heterocycles. The number of Topliss-reactive ketones (excluding diaryl/α,β-unsaturated/α-hetero) is 1. The lowest BCUT2D eigenvalue weighted by atomic mass is 9.95. The van der Waals surface area contributed by atoms with E-state index >= 15 is 0 Å². The third-order valence-corrected chi connectivity index (χ3v) is 6.20. The van der Waals surface area contributed by atoms with E-state index in [2.05, 4.69) is 17.1 Å². The first kappa shape index (κ1) is 22.1. The summed E-state index contributed by atoms with van der Waals surface area (Å²) in [5.74, 6) is 0.570. The van der Waals surface area contributed by atoms with E-state index in [0.717, 1.165) is 45.4 Å². The third-order valence-electron chi connectivity index (χ3n) is 6.20. The van der Waals surface area contributed by atoms with Crippen LogP contribution in [0.15, 0.2) is 54.3 Å². The minimum atomic E-state index is -0.603. The number of carbonyl (C=O) groups excluding carboxylic acids is 2. The number of nitrogens with zero attached hydrogens (tertiary/aromatic N) is 2. The normalized spacial score (nSPS) is 18.0. The number of allylic oxidation sites excluding steroid dienone is 6. The van der Waals surface area contributed by atoms with Gasteiger partial charge in [-0.3, -0.25) is 9.69 Å². The first-order chi connectivity index (χ1) is 16.2. The van der Waals surface area contributed by atoms with Crippen molar-refractivity contribution in [2.45, 2.75) is 46.1 Å². The zero-order valence-corrected chi connectivity index (χ0v) is 20.0. The molecule has 2 heterocycles. The van der Waals surface area contributed by atoms with E-state index in [1.54, 1.807) is 11.1 Å². The predicted octanol–water partition coefficient (Wildman–Crippen LogP) is 5.59. The van der Waals surface area contributed by atoms with Crippen molar-refractivity contribution in [2.75, 3.05) is 18.1 Å². The van der Waals surface area contributed by atoms with E-state index in [1.807, 2.05) is 58.1 Å². The second-order valence-corrected chi connectivity index (χ2v) is 9.83. The number of benzene rings is 1. The van der Waals surface area contributed by atoms with Crippen molar-refractivity contribution >= 4 is 23.1 Å². The molecule has 0 saturated carbocycles. The van der Waals surface area contributed by atoms with Crippen molar-refractivity contribution in [2.24, 2.45) is 0 Å². The highest BCUT2D eigenvalue weighted by Crippen LogP contribution is 2.41. The minimum absolute atomic E-state index is 0.143. The molecule has 2 aliphatic carbocycles. The average Bonchev–Trinajstić information content (AvgIpc) is 3.40. The summed E-state index contributed by atoms with van der Waals surface area (Å²) < 4.78 is 11.4. The maximum atomic E-state index is 12.9. The number of amides is 1. The maximum absolute atomic E-state index is 12.9. The number of aromatic nitrogens is 1. The van der Waals surface area contributed by atoms with Gasteiger partial charge in [0.05, 0.1) is 6.54 Å². The summed E-state index contributed by atoms with van der Waals surface area (Å²) in [6.07, 6.45) is 10.8. The molecule has 0 fully saturated rings. The van der Waals surface area contributed by atoms with Crippen LogP contribution in [-0.4, -0.2) is 35.6 Å². The van der Waals surface area contributed by atoms with Crippen LogP contribution in [0.25, 0.3) is 16.7 Å². The molecule has 5 rings (SSSR count). The standard InChI is InChI=1S/C28H28N2O4/c1-17-23(16-29-26-25(17)30(11-12-33-26)27(32)34-28(2,3)4)19-9-10-20-15-24(31)22(21(20)14-19)13-18-7-5-6-8-18/h5-7,9-10,13-14,16H,8,11-12,15H2,1-4H3/b22-13-. The molecule has 1 amide bonds. The molecule has 0 unspecified atom stereocenters. The molecule has 1 aromatic carbocycles. The van der Waals surface area contributed by atoms with Gasteiger partial charge in [-0.1, -0.05) is 30.4 Å². The van der Waals surface area contributed by atoms with Gasteiger partial charge < -0.3 is 9.47 Å². The highest BCUT2D eigenvalue weighted by Gasteiger charge is 2.32. The number of ketones is 1. The third kappa shape index (κ3) is 4.04. The Morgan fingerprint density at radius 3 is 2.79 bits per heavy atom. The Labute approximate surface area is 199 Å². The van der Waals surface area contributed by atoms with Gasteiger partial charge in [0.1, 0.15) is 17.9 Å². The van der Waals surface area contributed by atoms with Gasteiger partial charge in [0.25, 0.3) is 0 Å². The molecule has 0 bridgehead atoms. The van der Waals surface area contributed by atoms with Crippen LogP contribution in [-0.2, 0) is 16.0 Å². The number of pyridine rings is 1. The van der Waals surface area contributed by atoms with E-state index in [-0.39, 0.29) is 5.78 Å². The van der Waals surface area contributed by atoms with Crippen LogP contribution in [0.3, 0.4) is 0 Å². The number of hydrogen-bond donors (Lipinski definition) is 0. The zero-order chi connectivity index (χ0) is 24.0. The van der Waals surface area contributed by atoms with Gasteiger partial charge in [-0.05, 0) is 74.1 Å². The monoisotopic (exact) mass is 456 g/mol. The van der Waals surface area contributed by atoms with Gasteiger partial charge in [-0.15, -0.1) is 0 Å². The summed E-state index contributed by atoms with van der Waals surface area (Å²) in [6.45, 7) is 8.26. The van der Waals surface area contributed by atoms with Gasteiger partial charge in [-0.25, -0.2) is 9.78 Å². The van der Waals surface area contributed by atoms with E-state index in [0.29, 0.717) is 31.1 Å². The largest absolute Gasteiger partial charge is 0.474 e. The van der Waals surface area contributed by atoms with E-state index in [1.165, 1.54) is 0 Å². The Bertz CT molecular complexity index is 1290. The quantitative estimate of drug-likeness (QED) is 0.552. The SMILES string of the molecule is Cc1c(-c2ccc3c(c2)/C(=C/C2=CC=CC2)C(=O)C3)cnc2c1N(C(=O)OC(C)(C)C)CCO2. The van der Waals surface area contributed by atoms with Crippen molar-refractivity contribution in [1.29, 1.82) is 0 Å².